The summed E-state index contributed by atoms with van der Waals surface area (Å²) in [6.07, 6.45) is 3.04. The quantitative estimate of drug-likeness (QED) is 0.790. The third-order valence-electron chi connectivity index (χ3n) is 3.07. The maximum atomic E-state index is 10.9. The number of aromatic carboxylic acids is 1. The monoisotopic (exact) mass is 264 g/mol. The first-order valence-corrected chi connectivity index (χ1v) is 6.18. The van der Waals surface area contributed by atoms with Crippen LogP contribution in [-0.4, -0.2) is 20.6 Å². The van der Waals surface area contributed by atoms with Gasteiger partial charge in [0.25, 0.3) is 0 Å². The van der Waals surface area contributed by atoms with Gasteiger partial charge >= 0.3 is 5.97 Å². The molecule has 4 heteroatoms. The summed E-state index contributed by atoms with van der Waals surface area (Å²) in [5.41, 5.74) is 3.04. The molecule has 0 bridgehead atoms. The zero-order valence-corrected chi connectivity index (χ0v) is 10.6. The van der Waals surface area contributed by atoms with Gasteiger partial charge in [-0.05, 0) is 11.6 Å². The van der Waals surface area contributed by atoms with E-state index in [1.807, 2.05) is 54.6 Å². The van der Waals surface area contributed by atoms with Crippen LogP contribution in [0.2, 0.25) is 0 Å². The van der Waals surface area contributed by atoms with Crippen molar-refractivity contribution in [2.75, 3.05) is 0 Å². The maximum absolute atomic E-state index is 10.9. The Kier molecular flexibility index (Phi) is 3.05. The van der Waals surface area contributed by atoms with Gasteiger partial charge in [0.2, 0.25) is 0 Å². The number of para-hydroxylation sites is 1. The smallest absolute Gasteiger partial charge is 0.356 e. The van der Waals surface area contributed by atoms with E-state index < -0.39 is 5.97 Å². The fourth-order valence-corrected chi connectivity index (χ4v) is 2.13. The van der Waals surface area contributed by atoms with E-state index in [2.05, 4.69) is 4.98 Å². The SMILES string of the molecule is O=C(O)c1cn(-c2ccccc2-c2ccccc2)cn1. The van der Waals surface area contributed by atoms with Crippen molar-refractivity contribution in [2.45, 2.75) is 0 Å². The van der Waals surface area contributed by atoms with Crippen molar-refractivity contribution in [1.29, 1.82) is 0 Å². The number of nitrogens with zero attached hydrogens (tertiary/aromatic N) is 2. The first kappa shape index (κ1) is 12.2. The molecule has 1 aromatic heterocycles. The van der Waals surface area contributed by atoms with Crippen LogP contribution in [0.15, 0.2) is 67.1 Å². The Labute approximate surface area is 116 Å². The van der Waals surface area contributed by atoms with Crippen LogP contribution in [0.4, 0.5) is 0 Å². The summed E-state index contributed by atoms with van der Waals surface area (Å²) in [5.74, 6) is -1.03. The number of hydrogen-bond acceptors (Lipinski definition) is 2. The Bertz CT molecular complexity index is 748. The standard InChI is InChI=1S/C16H12N2O2/c19-16(20)14-10-18(11-17-14)15-9-5-4-8-13(15)12-6-2-1-3-7-12/h1-11H,(H,19,20). The van der Waals surface area contributed by atoms with Crippen LogP contribution >= 0.6 is 0 Å². The fourth-order valence-electron chi connectivity index (χ4n) is 2.13. The van der Waals surface area contributed by atoms with Gasteiger partial charge in [-0.3, -0.25) is 0 Å². The Morgan fingerprint density at radius 3 is 2.40 bits per heavy atom. The molecule has 0 aliphatic carbocycles. The molecule has 0 fully saturated rings. The van der Waals surface area contributed by atoms with Crippen molar-refractivity contribution < 1.29 is 9.90 Å². The van der Waals surface area contributed by atoms with E-state index in [9.17, 15) is 4.79 Å². The summed E-state index contributed by atoms with van der Waals surface area (Å²) in [6, 6.07) is 17.8. The Morgan fingerprint density at radius 2 is 1.70 bits per heavy atom. The second kappa shape index (κ2) is 5.01. The lowest BCUT2D eigenvalue weighted by Crippen LogP contribution is -1.96. The van der Waals surface area contributed by atoms with Gasteiger partial charge in [0.05, 0.1) is 5.69 Å². The molecular weight excluding hydrogens is 252 g/mol. The molecule has 0 radical (unpaired) electrons. The summed E-state index contributed by atoms with van der Waals surface area (Å²) in [6.45, 7) is 0. The van der Waals surface area contributed by atoms with E-state index in [-0.39, 0.29) is 5.69 Å². The summed E-state index contributed by atoms with van der Waals surface area (Å²) >= 11 is 0. The normalized spacial score (nSPS) is 10.4. The summed E-state index contributed by atoms with van der Waals surface area (Å²) in [5, 5.41) is 8.96. The number of carboxylic acids is 1. The molecule has 0 spiro atoms. The average molecular weight is 264 g/mol. The molecule has 20 heavy (non-hydrogen) atoms. The van der Waals surface area contributed by atoms with E-state index in [1.165, 1.54) is 12.5 Å². The Hall–Kier alpha value is -2.88. The molecule has 2 aromatic carbocycles. The van der Waals surface area contributed by atoms with Gasteiger partial charge in [0.1, 0.15) is 6.33 Å². The van der Waals surface area contributed by atoms with Gasteiger partial charge in [-0.1, -0.05) is 48.5 Å². The van der Waals surface area contributed by atoms with Gasteiger partial charge in [-0.15, -0.1) is 0 Å². The molecule has 0 amide bonds. The topological polar surface area (TPSA) is 55.1 Å². The average Bonchev–Trinajstić information content (AvgIpc) is 2.98. The van der Waals surface area contributed by atoms with Crippen molar-refractivity contribution in [1.82, 2.24) is 9.55 Å². The van der Waals surface area contributed by atoms with E-state index >= 15 is 0 Å². The molecule has 3 aromatic rings. The molecule has 98 valence electrons. The zero-order chi connectivity index (χ0) is 13.9. The molecule has 1 N–H and O–H groups in total. The van der Waals surface area contributed by atoms with Gasteiger partial charge in [0, 0.05) is 11.8 Å². The highest BCUT2D eigenvalue weighted by atomic mass is 16.4. The van der Waals surface area contributed by atoms with Gasteiger partial charge in [-0.2, -0.15) is 0 Å². The van der Waals surface area contributed by atoms with Gasteiger partial charge in [0.15, 0.2) is 5.69 Å². The zero-order valence-electron chi connectivity index (χ0n) is 10.6. The van der Waals surface area contributed by atoms with E-state index in [0.29, 0.717) is 0 Å². The Morgan fingerprint density at radius 1 is 1.00 bits per heavy atom. The second-order valence-electron chi connectivity index (χ2n) is 4.35. The third kappa shape index (κ3) is 2.19. The van der Waals surface area contributed by atoms with E-state index in [4.69, 9.17) is 5.11 Å². The van der Waals surface area contributed by atoms with Crippen LogP contribution in [0.3, 0.4) is 0 Å². The van der Waals surface area contributed by atoms with Crippen LogP contribution in [0, 0.1) is 0 Å². The molecule has 0 saturated heterocycles. The van der Waals surface area contributed by atoms with Crippen molar-refractivity contribution in [3.05, 3.63) is 72.8 Å². The minimum atomic E-state index is -1.03. The van der Waals surface area contributed by atoms with E-state index in [0.717, 1.165) is 16.8 Å². The molecule has 0 saturated carbocycles. The molecule has 3 rings (SSSR count). The van der Waals surface area contributed by atoms with Gasteiger partial charge in [-0.25, -0.2) is 9.78 Å². The third-order valence-corrected chi connectivity index (χ3v) is 3.07. The van der Waals surface area contributed by atoms with Crippen molar-refractivity contribution in [3.8, 4) is 16.8 Å². The highest BCUT2D eigenvalue weighted by molar-refractivity contribution is 5.85. The number of hydrogen-bond donors (Lipinski definition) is 1. The first-order valence-electron chi connectivity index (χ1n) is 6.18. The molecule has 0 aliphatic heterocycles. The number of aromatic nitrogens is 2. The summed E-state index contributed by atoms with van der Waals surface area (Å²) in [7, 11) is 0. The molecule has 0 aliphatic rings. The molecule has 4 nitrogen and oxygen atoms in total. The minimum Gasteiger partial charge on any atom is -0.476 e. The van der Waals surface area contributed by atoms with Crippen molar-refractivity contribution in [2.24, 2.45) is 0 Å². The van der Waals surface area contributed by atoms with Crippen molar-refractivity contribution in [3.63, 3.8) is 0 Å². The molecule has 0 atom stereocenters. The number of rotatable bonds is 3. The van der Waals surface area contributed by atoms with Crippen LogP contribution in [0.1, 0.15) is 10.5 Å². The summed E-state index contributed by atoms with van der Waals surface area (Å²) in [4.78, 5) is 14.8. The largest absolute Gasteiger partial charge is 0.476 e. The highest BCUT2D eigenvalue weighted by Crippen LogP contribution is 2.26. The summed E-state index contributed by atoms with van der Waals surface area (Å²) < 4.78 is 1.73. The lowest BCUT2D eigenvalue weighted by molar-refractivity contribution is 0.0691. The van der Waals surface area contributed by atoms with Crippen LogP contribution in [-0.2, 0) is 0 Å². The van der Waals surface area contributed by atoms with Gasteiger partial charge < -0.3 is 9.67 Å². The number of imidazole rings is 1. The molecular formula is C16H12N2O2. The highest BCUT2D eigenvalue weighted by Gasteiger charge is 2.10. The number of carboxylic acid groups (broad SMARTS) is 1. The number of carbonyl (C=O) groups is 1. The first-order chi connectivity index (χ1) is 9.75. The maximum Gasteiger partial charge on any atom is 0.356 e. The lowest BCUT2D eigenvalue weighted by atomic mass is 10.0. The fraction of sp³-hybridized carbons (Fsp3) is 0. The minimum absolute atomic E-state index is 0.0351. The Balaban J connectivity index is 2.12. The van der Waals surface area contributed by atoms with Crippen molar-refractivity contribution >= 4 is 5.97 Å². The van der Waals surface area contributed by atoms with Crippen LogP contribution in [0.5, 0.6) is 0 Å². The molecule has 0 unspecified atom stereocenters. The predicted molar refractivity (Wildman–Crippen MR) is 76.0 cm³/mol. The van der Waals surface area contributed by atoms with Crippen LogP contribution in [0.25, 0.3) is 16.8 Å². The molecule has 1 heterocycles. The van der Waals surface area contributed by atoms with E-state index in [1.54, 1.807) is 4.57 Å². The second-order valence-corrected chi connectivity index (χ2v) is 4.35. The predicted octanol–water partition coefficient (Wildman–Crippen LogP) is 3.24. The lowest BCUT2D eigenvalue weighted by Gasteiger charge is -2.10. The van der Waals surface area contributed by atoms with Crippen LogP contribution < -0.4 is 0 Å². The number of benzene rings is 2.